The third-order valence-corrected chi connectivity index (χ3v) is 3.90. The molecular formula is C12H14N4OS. The van der Waals surface area contributed by atoms with Crippen molar-refractivity contribution in [1.82, 2.24) is 19.9 Å². The summed E-state index contributed by atoms with van der Waals surface area (Å²) in [6.45, 7) is 2.70. The van der Waals surface area contributed by atoms with Crippen molar-refractivity contribution in [1.29, 1.82) is 0 Å². The van der Waals surface area contributed by atoms with E-state index in [4.69, 9.17) is 0 Å². The topological polar surface area (TPSA) is 59.8 Å². The zero-order chi connectivity index (χ0) is 12.5. The van der Waals surface area contributed by atoms with Crippen molar-refractivity contribution < 1.29 is 4.79 Å². The first-order valence-electron chi connectivity index (χ1n) is 5.95. The molecule has 1 atom stereocenters. The lowest BCUT2D eigenvalue weighted by atomic mass is 10.1. The van der Waals surface area contributed by atoms with Gasteiger partial charge < -0.3 is 9.88 Å². The summed E-state index contributed by atoms with van der Waals surface area (Å²) in [4.78, 5) is 20.5. The number of hydrogen-bond donors (Lipinski definition) is 1. The molecule has 1 aliphatic rings. The summed E-state index contributed by atoms with van der Waals surface area (Å²) >= 11 is 1.50. The first kappa shape index (κ1) is 11.4. The number of hydrogen-bond acceptors (Lipinski definition) is 4. The number of carbonyl (C=O) groups excluding carboxylic acids is 1. The van der Waals surface area contributed by atoms with Gasteiger partial charge in [-0.1, -0.05) is 0 Å². The molecule has 5 nitrogen and oxygen atoms in total. The van der Waals surface area contributed by atoms with Crippen LogP contribution in [0.5, 0.6) is 0 Å². The molecule has 3 heterocycles. The Bertz CT molecular complexity index is 574. The molecule has 1 N–H and O–H groups in total. The Labute approximate surface area is 109 Å². The van der Waals surface area contributed by atoms with Gasteiger partial charge in [-0.25, -0.2) is 9.97 Å². The molecule has 18 heavy (non-hydrogen) atoms. The van der Waals surface area contributed by atoms with Gasteiger partial charge in [0.25, 0.3) is 5.91 Å². The van der Waals surface area contributed by atoms with Crippen LogP contribution in [-0.4, -0.2) is 26.5 Å². The Morgan fingerprint density at radius 1 is 1.61 bits per heavy atom. The molecule has 1 aliphatic heterocycles. The second kappa shape index (κ2) is 4.53. The lowest BCUT2D eigenvalue weighted by Gasteiger charge is -2.24. The minimum atomic E-state index is -0.0760. The molecular weight excluding hydrogens is 248 g/mol. The molecule has 0 radical (unpaired) electrons. The van der Waals surface area contributed by atoms with Gasteiger partial charge in [0.2, 0.25) is 0 Å². The summed E-state index contributed by atoms with van der Waals surface area (Å²) in [5, 5.41) is 5.75. The molecule has 3 rings (SSSR count). The fourth-order valence-corrected chi connectivity index (χ4v) is 2.80. The zero-order valence-corrected chi connectivity index (χ0v) is 10.9. The van der Waals surface area contributed by atoms with E-state index < -0.39 is 0 Å². The van der Waals surface area contributed by atoms with E-state index in [9.17, 15) is 4.79 Å². The third-order valence-electron chi connectivity index (χ3n) is 3.12. The zero-order valence-electron chi connectivity index (χ0n) is 10.1. The van der Waals surface area contributed by atoms with Gasteiger partial charge in [0.05, 0.1) is 5.01 Å². The molecule has 6 heteroatoms. The van der Waals surface area contributed by atoms with Crippen LogP contribution in [0.25, 0.3) is 0 Å². The maximum absolute atomic E-state index is 12.0. The predicted molar refractivity (Wildman–Crippen MR) is 68.7 cm³/mol. The number of fused-ring (bicyclic) bond motifs is 1. The quantitative estimate of drug-likeness (QED) is 0.889. The van der Waals surface area contributed by atoms with Crippen LogP contribution in [-0.2, 0) is 13.0 Å². The summed E-state index contributed by atoms with van der Waals surface area (Å²) in [5.41, 5.74) is 0.522. The van der Waals surface area contributed by atoms with Gasteiger partial charge in [0, 0.05) is 36.8 Å². The number of nitrogens with one attached hydrogen (secondary N) is 1. The second-order valence-electron chi connectivity index (χ2n) is 4.46. The number of nitrogens with zero attached hydrogens (tertiary/aromatic N) is 3. The fourth-order valence-electron chi connectivity index (χ4n) is 2.21. The van der Waals surface area contributed by atoms with E-state index in [0.717, 1.165) is 30.2 Å². The van der Waals surface area contributed by atoms with Crippen molar-refractivity contribution in [2.45, 2.75) is 32.4 Å². The normalized spacial score (nSPS) is 18.4. The first-order valence-corrected chi connectivity index (χ1v) is 6.83. The summed E-state index contributed by atoms with van der Waals surface area (Å²) in [7, 11) is 0. The third kappa shape index (κ3) is 2.15. The first-order chi connectivity index (χ1) is 8.72. The van der Waals surface area contributed by atoms with Gasteiger partial charge in [-0.15, -0.1) is 11.3 Å². The summed E-state index contributed by atoms with van der Waals surface area (Å²) in [6, 6.07) is 0.168. The molecule has 2 aromatic rings. The number of thiazole rings is 1. The van der Waals surface area contributed by atoms with Crippen LogP contribution in [0, 0.1) is 6.92 Å². The molecule has 0 spiro atoms. The van der Waals surface area contributed by atoms with E-state index in [1.54, 1.807) is 5.38 Å². The molecule has 0 aliphatic carbocycles. The molecule has 0 fully saturated rings. The van der Waals surface area contributed by atoms with Gasteiger partial charge in [0.1, 0.15) is 11.5 Å². The Morgan fingerprint density at radius 3 is 3.28 bits per heavy atom. The lowest BCUT2D eigenvalue weighted by molar-refractivity contribution is 0.0923. The van der Waals surface area contributed by atoms with Gasteiger partial charge in [-0.2, -0.15) is 0 Å². The highest BCUT2D eigenvalue weighted by Crippen LogP contribution is 2.14. The van der Waals surface area contributed by atoms with Gasteiger partial charge in [-0.3, -0.25) is 4.79 Å². The standard InChI is InChI=1S/C12H14N4OS/c1-8-14-10(7-18-8)12(17)15-9-2-3-11-13-4-5-16(11)6-9/h4-5,7,9H,2-3,6H2,1H3,(H,15,17)/t9-/m0/s1. The molecule has 0 unspecified atom stereocenters. The van der Waals surface area contributed by atoms with Crippen molar-refractivity contribution >= 4 is 17.2 Å². The fraction of sp³-hybridized carbons (Fsp3) is 0.417. The van der Waals surface area contributed by atoms with Crippen LogP contribution in [0.1, 0.15) is 27.7 Å². The average Bonchev–Trinajstić information content (AvgIpc) is 2.96. The van der Waals surface area contributed by atoms with Gasteiger partial charge in [-0.05, 0) is 13.3 Å². The van der Waals surface area contributed by atoms with Crippen LogP contribution in [0.3, 0.4) is 0 Å². The summed E-state index contributed by atoms with van der Waals surface area (Å²) in [6.07, 6.45) is 5.61. The SMILES string of the molecule is Cc1nc(C(=O)N[C@H]2CCc3nccn3C2)cs1. The van der Waals surface area contributed by atoms with Crippen molar-refractivity contribution in [3.05, 3.63) is 34.3 Å². The minimum Gasteiger partial charge on any atom is -0.346 e. The molecule has 1 amide bonds. The number of rotatable bonds is 2. The van der Waals surface area contributed by atoms with Crippen LogP contribution in [0.15, 0.2) is 17.8 Å². The van der Waals surface area contributed by atoms with E-state index in [1.165, 1.54) is 11.3 Å². The van der Waals surface area contributed by atoms with Crippen molar-refractivity contribution in [2.24, 2.45) is 0 Å². The number of aromatic nitrogens is 3. The summed E-state index contributed by atoms with van der Waals surface area (Å²) < 4.78 is 2.10. The van der Waals surface area contributed by atoms with E-state index >= 15 is 0 Å². The minimum absolute atomic E-state index is 0.0760. The Hall–Kier alpha value is -1.69. The molecule has 0 bridgehead atoms. The maximum Gasteiger partial charge on any atom is 0.271 e. The molecule has 0 saturated heterocycles. The second-order valence-corrected chi connectivity index (χ2v) is 5.52. The van der Waals surface area contributed by atoms with Crippen molar-refractivity contribution in [3.63, 3.8) is 0 Å². The highest BCUT2D eigenvalue weighted by Gasteiger charge is 2.21. The molecule has 0 saturated carbocycles. The Morgan fingerprint density at radius 2 is 2.50 bits per heavy atom. The van der Waals surface area contributed by atoms with Crippen LogP contribution in [0.4, 0.5) is 0 Å². The number of imidazole rings is 1. The van der Waals surface area contributed by atoms with Crippen molar-refractivity contribution in [2.75, 3.05) is 0 Å². The molecule has 2 aromatic heterocycles. The van der Waals surface area contributed by atoms with E-state index in [2.05, 4.69) is 19.9 Å². The Kier molecular flexibility index (Phi) is 2.87. The van der Waals surface area contributed by atoms with Crippen LogP contribution < -0.4 is 5.32 Å². The van der Waals surface area contributed by atoms with E-state index in [1.807, 2.05) is 19.3 Å². The largest absolute Gasteiger partial charge is 0.346 e. The molecule has 0 aromatic carbocycles. The number of carbonyl (C=O) groups is 1. The van der Waals surface area contributed by atoms with Crippen molar-refractivity contribution in [3.8, 4) is 0 Å². The lowest BCUT2D eigenvalue weighted by Crippen LogP contribution is -2.41. The predicted octanol–water partition coefficient (Wildman–Crippen LogP) is 1.39. The van der Waals surface area contributed by atoms with Crippen LogP contribution in [0.2, 0.25) is 0 Å². The Balaban J connectivity index is 1.66. The van der Waals surface area contributed by atoms with E-state index in [0.29, 0.717) is 5.69 Å². The maximum atomic E-state index is 12.0. The highest BCUT2D eigenvalue weighted by molar-refractivity contribution is 7.09. The number of aryl methyl sites for hydroxylation is 2. The smallest absolute Gasteiger partial charge is 0.271 e. The van der Waals surface area contributed by atoms with Crippen LogP contribution >= 0.6 is 11.3 Å². The monoisotopic (exact) mass is 262 g/mol. The summed E-state index contributed by atoms with van der Waals surface area (Å²) in [5.74, 6) is 1.03. The van der Waals surface area contributed by atoms with E-state index in [-0.39, 0.29) is 11.9 Å². The highest BCUT2D eigenvalue weighted by atomic mass is 32.1. The number of amides is 1. The molecule has 94 valence electrons. The van der Waals surface area contributed by atoms with Gasteiger partial charge in [0.15, 0.2) is 0 Å². The van der Waals surface area contributed by atoms with Gasteiger partial charge >= 0.3 is 0 Å². The average molecular weight is 262 g/mol.